The molecule has 0 aliphatic heterocycles. The maximum atomic E-state index is 8.87. The summed E-state index contributed by atoms with van der Waals surface area (Å²) in [7, 11) is 1.59. The number of benzene rings is 1. The van der Waals surface area contributed by atoms with Gasteiger partial charge in [0.05, 0.1) is 36.7 Å². The average molecular weight is 270 g/mol. The van der Waals surface area contributed by atoms with Crippen molar-refractivity contribution in [1.82, 2.24) is 9.78 Å². The molecule has 1 aromatic carbocycles. The van der Waals surface area contributed by atoms with Gasteiger partial charge in [0.15, 0.2) is 0 Å². The standard InChI is InChI=1S/C15H18N4O/c1-11(2)19-7-6-13(18-19)10-17-14-5-4-12(9-16)8-15(14)20-3/h4-8,11,17H,10H2,1-3H3. The summed E-state index contributed by atoms with van der Waals surface area (Å²) in [5.74, 6) is 0.660. The van der Waals surface area contributed by atoms with Crippen molar-refractivity contribution in [3.63, 3.8) is 0 Å². The fourth-order valence-corrected chi connectivity index (χ4v) is 1.85. The van der Waals surface area contributed by atoms with Crippen molar-refractivity contribution in [2.24, 2.45) is 0 Å². The Kier molecular flexibility index (Phi) is 4.26. The van der Waals surface area contributed by atoms with Gasteiger partial charge in [-0.2, -0.15) is 10.4 Å². The first-order valence-electron chi connectivity index (χ1n) is 6.50. The van der Waals surface area contributed by atoms with Crippen LogP contribution < -0.4 is 10.1 Å². The Bertz CT molecular complexity index is 625. The van der Waals surface area contributed by atoms with Crippen LogP contribution in [0.1, 0.15) is 31.1 Å². The lowest BCUT2D eigenvalue weighted by atomic mass is 10.2. The minimum atomic E-state index is 0.355. The molecule has 0 aliphatic carbocycles. The van der Waals surface area contributed by atoms with Crippen LogP contribution in [0.4, 0.5) is 5.69 Å². The number of anilines is 1. The second-order valence-electron chi connectivity index (χ2n) is 4.76. The molecule has 0 spiro atoms. The normalized spacial score (nSPS) is 10.3. The molecule has 1 N–H and O–H groups in total. The van der Waals surface area contributed by atoms with E-state index >= 15 is 0 Å². The summed E-state index contributed by atoms with van der Waals surface area (Å²) in [6, 6.07) is 9.76. The van der Waals surface area contributed by atoms with E-state index in [1.54, 1.807) is 19.2 Å². The smallest absolute Gasteiger partial charge is 0.143 e. The molecule has 0 saturated carbocycles. The molecule has 0 radical (unpaired) electrons. The fourth-order valence-electron chi connectivity index (χ4n) is 1.85. The zero-order chi connectivity index (χ0) is 14.5. The molecule has 0 bridgehead atoms. The molecule has 0 fully saturated rings. The van der Waals surface area contributed by atoms with Gasteiger partial charge in [-0.1, -0.05) is 0 Å². The number of hydrogen-bond acceptors (Lipinski definition) is 4. The molecular weight excluding hydrogens is 252 g/mol. The van der Waals surface area contributed by atoms with Gasteiger partial charge in [0, 0.05) is 18.3 Å². The molecule has 1 heterocycles. The van der Waals surface area contributed by atoms with Gasteiger partial charge in [0.25, 0.3) is 0 Å². The maximum Gasteiger partial charge on any atom is 0.143 e. The number of nitrogens with one attached hydrogen (secondary N) is 1. The number of nitriles is 1. The molecule has 5 nitrogen and oxygen atoms in total. The number of rotatable bonds is 5. The Morgan fingerprint density at radius 3 is 2.80 bits per heavy atom. The summed E-state index contributed by atoms with van der Waals surface area (Å²) in [5, 5.41) is 16.6. The largest absolute Gasteiger partial charge is 0.495 e. The summed E-state index contributed by atoms with van der Waals surface area (Å²) in [5.41, 5.74) is 2.40. The third-order valence-electron chi connectivity index (χ3n) is 2.98. The van der Waals surface area contributed by atoms with Gasteiger partial charge < -0.3 is 10.1 Å². The van der Waals surface area contributed by atoms with Gasteiger partial charge in [0.2, 0.25) is 0 Å². The maximum absolute atomic E-state index is 8.87. The van der Waals surface area contributed by atoms with E-state index in [1.807, 2.05) is 23.0 Å². The molecule has 0 aliphatic rings. The minimum Gasteiger partial charge on any atom is -0.495 e. The van der Waals surface area contributed by atoms with Crippen molar-refractivity contribution in [3.8, 4) is 11.8 Å². The quantitative estimate of drug-likeness (QED) is 0.907. The molecule has 2 rings (SSSR count). The molecule has 0 atom stereocenters. The Morgan fingerprint density at radius 2 is 2.20 bits per heavy atom. The van der Waals surface area contributed by atoms with Gasteiger partial charge in [-0.15, -0.1) is 0 Å². The zero-order valence-electron chi connectivity index (χ0n) is 11.9. The third kappa shape index (κ3) is 3.09. The molecule has 104 valence electrons. The number of methoxy groups -OCH3 is 1. The SMILES string of the molecule is COc1cc(C#N)ccc1NCc1ccn(C(C)C)n1. The van der Waals surface area contributed by atoms with Crippen molar-refractivity contribution in [2.75, 3.05) is 12.4 Å². The van der Waals surface area contributed by atoms with E-state index in [9.17, 15) is 0 Å². The Hall–Kier alpha value is -2.48. The highest BCUT2D eigenvalue weighted by Gasteiger charge is 2.06. The predicted molar refractivity (Wildman–Crippen MR) is 77.6 cm³/mol. The summed E-state index contributed by atoms with van der Waals surface area (Å²) in [6.07, 6.45) is 1.97. The van der Waals surface area contributed by atoms with E-state index in [4.69, 9.17) is 10.00 Å². The molecule has 0 amide bonds. The average Bonchev–Trinajstić information content (AvgIpc) is 2.94. The van der Waals surface area contributed by atoms with Crippen molar-refractivity contribution in [3.05, 3.63) is 41.7 Å². The van der Waals surface area contributed by atoms with E-state index in [-0.39, 0.29) is 0 Å². The highest BCUT2D eigenvalue weighted by atomic mass is 16.5. The fraction of sp³-hybridized carbons (Fsp3) is 0.333. The van der Waals surface area contributed by atoms with Crippen molar-refractivity contribution in [2.45, 2.75) is 26.4 Å². The Balaban J connectivity index is 2.08. The summed E-state index contributed by atoms with van der Waals surface area (Å²) >= 11 is 0. The first-order valence-corrected chi connectivity index (χ1v) is 6.50. The van der Waals surface area contributed by atoms with Crippen LogP contribution in [-0.2, 0) is 6.54 Å². The van der Waals surface area contributed by atoms with Gasteiger partial charge in [-0.3, -0.25) is 4.68 Å². The second kappa shape index (κ2) is 6.11. The van der Waals surface area contributed by atoms with Gasteiger partial charge in [-0.05, 0) is 32.0 Å². The van der Waals surface area contributed by atoms with E-state index in [0.717, 1.165) is 11.4 Å². The Morgan fingerprint density at radius 1 is 1.40 bits per heavy atom. The lowest BCUT2D eigenvalue weighted by Crippen LogP contribution is -2.05. The van der Waals surface area contributed by atoms with Crippen molar-refractivity contribution in [1.29, 1.82) is 5.26 Å². The first-order chi connectivity index (χ1) is 9.63. The van der Waals surface area contributed by atoms with Crippen LogP contribution >= 0.6 is 0 Å². The van der Waals surface area contributed by atoms with Gasteiger partial charge in [-0.25, -0.2) is 0 Å². The van der Waals surface area contributed by atoms with Crippen molar-refractivity contribution >= 4 is 5.69 Å². The van der Waals surface area contributed by atoms with E-state index < -0.39 is 0 Å². The van der Waals surface area contributed by atoms with E-state index in [0.29, 0.717) is 23.9 Å². The predicted octanol–water partition coefficient (Wildman–Crippen LogP) is 2.96. The van der Waals surface area contributed by atoms with Crippen LogP contribution in [0.2, 0.25) is 0 Å². The molecule has 0 unspecified atom stereocenters. The van der Waals surface area contributed by atoms with Gasteiger partial charge in [0.1, 0.15) is 5.75 Å². The van der Waals surface area contributed by atoms with Gasteiger partial charge >= 0.3 is 0 Å². The molecule has 20 heavy (non-hydrogen) atoms. The summed E-state index contributed by atoms with van der Waals surface area (Å²) < 4.78 is 7.20. The van der Waals surface area contributed by atoms with Crippen molar-refractivity contribution < 1.29 is 4.74 Å². The van der Waals surface area contributed by atoms with Crippen LogP contribution in [0.15, 0.2) is 30.5 Å². The monoisotopic (exact) mass is 270 g/mol. The van der Waals surface area contributed by atoms with E-state index in [1.165, 1.54) is 0 Å². The molecule has 5 heteroatoms. The van der Waals surface area contributed by atoms with Crippen LogP contribution in [0, 0.1) is 11.3 Å². The van der Waals surface area contributed by atoms with E-state index in [2.05, 4.69) is 30.3 Å². The second-order valence-corrected chi connectivity index (χ2v) is 4.76. The molecule has 2 aromatic rings. The first kappa shape index (κ1) is 13.9. The molecule has 1 aromatic heterocycles. The molecule has 0 saturated heterocycles. The highest BCUT2D eigenvalue weighted by Crippen LogP contribution is 2.25. The van der Waals surface area contributed by atoms with Crippen LogP contribution in [0.25, 0.3) is 0 Å². The van der Waals surface area contributed by atoms with Crippen LogP contribution in [0.5, 0.6) is 5.75 Å². The topological polar surface area (TPSA) is 62.9 Å². The lowest BCUT2D eigenvalue weighted by molar-refractivity contribution is 0.416. The number of ether oxygens (including phenoxy) is 1. The minimum absolute atomic E-state index is 0.355. The summed E-state index contributed by atoms with van der Waals surface area (Å²) in [6.45, 7) is 4.80. The number of aromatic nitrogens is 2. The third-order valence-corrected chi connectivity index (χ3v) is 2.98. The van der Waals surface area contributed by atoms with Crippen LogP contribution in [-0.4, -0.2) is 16.9 Å². The Labute approximate surface area is 118 Å². The summed E-state index contributed by atoms with van der Waals surface area (Å²) in [4.78, 5) is 0. The molecular formula is C15H18N4O. The number of nitrogens with zero attached hydrogens (tertiary/aromatic N) is 3. The van der Waals surface area contributed by atoms with Crippen LogP contribution in [0.3, 0.4) is 0 Å². The highest BCUT2D eigenvalue weighted by molar-refractivity contribution is 5.59. The zero-order valence-corrected chi connectivity index (χ0v) is 11.9. The number of hydrogen-bond donors (Lipinski definition) is 1. The lowest BCUT2D eigenvalue weighted by Gasteiger charge is -2.10.